The Morgan fingerprint density at radius 1 is 1.03 bits per heavy atom. The maximum Gasteiger partial charge on any atom is 0.228 e. The van der Waals surface area contributed by atoms with Crippen molar-refractivity contribution in [2.75, 3.05) is 44.1 Å². The number of carbonyl (C=O) groups is 1. The van der Waals surface area contributed by atoms with Crippen molar-refractivity contribution >= 4 is 63.9 Å². The smallest absolute Gasteiger partial charge is 0.228 e. The van der Waals surface area contributed by atoms with Crippen LogP contribution >= 0.6 is 22.9 Å². The van der Waals surface area contributed by atoms with E-state index in [9.17, 15) is 21.6 Å². The Morgan fingerprint density at radius 2 is 1.71 bits per heavy atom. The molecule has 0 aliphatic rings. The lowest BCUT2D eigenvalue weighted by molar-refractivity contribution is -0.118. The Morgan fingerprint density at radius 3 is 2.32 bits per heavy atom. The highest BCUT2D eigenvalue weighted by Gasteiger charge is 2.23. The van der Waals surface area contributed by atoms with Crippen LogP contribution in [0.1, 0.15) is 12.8 Å². The van der Waals surface area contributed by atoms with Crippen LogP contribution in [0.2, 0.25) is 5.02 Å². The van der Waals surface area contributed by atoms with Gasteiger partial charge in [-0.2, -0.15) is 0 Å². The summed E-state index contributed by atoms with van der Waals surface area (Å²) in [5, 5.41) is 0.832. The third-order valence-corrected chi connectivity index (χ3v) is 9.29. The highest BCUT2D eigenvalue weighted by atomic mass is 35.5. The summed E-state index contributed by atoms with van der Waals surface area (Å²) >= 11 is 7.06. The molecule has 0 saturated heterocycles. The first-order valence-corrected chi connectivity index (χ1v) is 15.2. The number of likely N-dealkylation sites (N-methyl/N-ethyl adjacent to an activating group) is 1. The van der Waals surface area contributed by atoms with Gasteiger partial charge in [-0.3, -0.25) is 9.69 Å². The quantitative estimate of drug-likeness (QED) is 0.385. The number of para-hydroxylation sites is 1. The van der Waals surface area contributed by atoms with Gasteiger partial charge in [0, 0.05) is 30.8 Å². The molecule has 0 aliphatic heterocycles. The number of benzene rings is 2. The monoisotopic (exact) mass is 543 g/mol. The molecular weight excluding hydrogens is 518 g/mol. The van der Waals surface area contributed by atoms with Gasteiger partial charge < -0.3 is 4.90 Å². The summed E-state index contributed by atoms with van der Waals surface area (Å²) in [6, 6.07) is 10.8. The van der Waals surface area contributed by atoms with E-state index in [1.54, 1.807) is 12.1 Å². The predicted molar refractivity (Wildman–Crippen MR) is 136 cm³/mol. The van der Waals surface area contributed by atoms with Crippen molar-refractivity contribution in [1.29, 1.82) is 0 Å². The summed E-state index contributed by atoms with van der Waals surface area (Å²) in [5.74, 6) is -0.451. The van der Waals surface area contributed by atoms with Gasteiger partial charge in [-0.1, -0.05) is 29.0 Å². The van der Waals surface area contributed by atoms with Crippen molar-refractivity contribution in [1.82, 2.24) is 9.88 Å². The number of anilines is 1. The van der Waals surface area contributed by atoms with Crippen LogP contribution < -0.4 is 4.90 Å². The molecule has 12 heteroatoms. The van der Waals surface area contributed by atoms with Gasteiger partial charge >= 0.3 is 0 Å². The second-order valence-electron chi connectivity index (χ2n) is 8.10. The zero-order valence-corrected chi connectivity index (χ0v) is 22.3. The van der Waals surface area contributed by atoms with Gasteiger partial charge in [0.15, 0.2) is 24.8 Å². The van der Waals surface area contributed by atoms with Gasteiger partial charge in [-0.15, -0.1) is 0 Å². The maximum atomic E-state index is 13.1. The molecule has 0 fully saturated rings. The van der Waals surface area contributed by atoms with E-state index >= 15 is 0 Å². The number of carbonyl (C=O) groups excluding carboxylic acids is 1. The number of halogens is 1. The number of fused-ring (bicyclic) bond motifs is 1. The van der Waals surface area contributed by atoms with E-state index in [2.05, 4.69) is 4.98 Å². The van der Waals surface area contributed by atoms with E-state index in [1.165, 1.54) is 46.6 Å². The minimum absolute atomic E-state index is 0.00903. The number of nitrogens with zero attached hydrogens (tertiary/aromatic N) is 3. The minimum atomic E-state index is -3.55. The van der Waals surface area contributed by atoms with Gasteiger partial charge in [0.05, 0.1) is 20.2 Å². The van der Waals surface area contributed by atoms with Crippen LogP contribution in [0.4, 0.5) is 5.13 Å². The van der Waals surface area contributed by atoms with Crippen LogP contribution in [0.5, 0.6) is 0 Å². The molecule has 1 heterocycles. The van der Waals surface area contributed by atoms with Crippen molar-refractivity contribution in [2.24, 2.45) is 0 Å². The number of amides is 1. The topological polar surface area (TPSA) is 105 Å². The van der Waals surface area contributed by atoms with Crippen LogP contribution in [-0.4, -0.2) is 71.8 Å². The van der Waals surface area contributed by atoms with E-state index in [0.717, 1.165) is 6.26 Å². The summed E-state index contributed by atoms with van der Waals surface area (Å²) in [5.41, 5.74) is 0.331. The molecule has 2 aromatic carbocycles. The van der Waals surface area contributed by atoms with Crippen molar-refractivity contribution in [3.8, 4) is 0 Å². The largest absolute Gasteiger partial charge is 0.308 e. The normalized spacial score (nSPS) is 12.4. The number of rotatable bonds is 10. The fourth-order valence-electron chi connectivity index (χ4n) is 3.26. The molecule has 34 heavy (non-hydrogen) atoms. The molecule has 0 spiro atoms. The van der Waals surface area contributed by atoms with Gasteiger partial charge in [-0.05, 0) is 56.9 Å². The zero-order valence-electron chi connectivity index (χ0n) is 19.1. The third-order valence-electron chi connectivity index (χ3n) is 5.05. The highest BCUT2D eigenvalue weighted by Crippen LogP contribution is 2.33. The van der Waals surface area contributed by atoms with Crippen molar-refractivity contribution < 1.29 is 21.6 Å². The molecule has 8 nitrogen and oxygen atoms in total. The Hall–Kier alpha value is -2.05. The number of thiazole rings is 1. The summed E-state index contributed by atoms with van der Waals surface area (Å²) in [7, 11) is -3.29. The first kappa shape index (κ1) is 26.6. The Kier molecular flexibility index (Phi) is 8.35. The van der Waals surface area contributed by atoms with E-state index in [4.69, 9.17) is 11.6 Å². The van der Waals surface area contributed by atoms with Crippen LogP contribution in [0.25, 0.3) is 10.2 Å². The average molecular weight is 544 g/mol. The molecule has 184 valence electrons. The van der Waals surface area contributed by atoms with E-state index in [0.29, 0.717) is 33.5 Å². The van der Waals surface area contributed by atoms with E-state index in [-0.39, 0.29) is 34.3 Å². The Balaban J connectivity index is 1.81. The predicted octanol–water partition coefficient (Wildman–Crippen LogP) is 3.50. The molecule has 3 aromatic rings. The Labute approximate surface area is 209 Å². The summed E-state index contributed by atoms with van der Waals surface area (Å²) in [6.07, 6.45) is 1.27. The lowest BCUT2D eigenvalue weighted by Crippen LogP contribution is -2.36. The summed E-state index contributed by atoms with van der Waals surface area (Å²) in [6.45, 7) is 0.896. The SMILES string of the molecule is CN(C)CCN(C(=O)CCCS(=O)(=O)c1ccc(Cl)cc1)c1nc2c(S(C)(=O)=O)cccc2s1. The lowest BCUT2D eigenvalue weighted by atomic mass is 10.3. The van der Waals surface area contributed by atoms with Gasteiger partial charge in [0.1, 0.15) is 5.52 Å². The molecule has 0 unspecified atom stereocenters. The maximum absolute atomic E-state index is 13.1. The number of aromatic nitrogens is 1. The highest BCUT2D eigenvalue weighted by molar-refractivity contribution is 7.91. The van der Waals surface area contributed by atoms with Crippen molar-refractivity contribution in [3.05, 3.63) is 47.5 Å². The van der Waals surface area contributed by atoms with Gasteiger partial charge in [0.25, 0.3) is 0 Å². The molecule has 0 atom stereocenters. The first-order valence-electron chi connectivity index (χ1n) is 10.4. The fraction of sp³-hybridized carbons (Fsp3) is 0.364. The standard InChI is InChI=1S/C22H26ClN3O5S3/c1-25(2)13-14-26(22-24-21-18(32-22)6-4-7-19(21)33(3,28)29)20(27)8-5-15-34(30,31)17-11-9-16(23)10-12-17/h4,6-7,9-12H,5,8,13-15H2,1-3H3. The molecule has 1 aromatic heterocycles. The third kappa shape index (κ3) is 6.54. The number of hydrogen-bond donors (Lipinski definition) is 0. The summed E-state index contributed by atoms with van der Waals surface area (Å²) in [4.78, 5) is 21.3. The molecule has 0 N–H and O–H groups in total. The average Bonchev–Trinajstić information content (AvgIpc) is 3.16. The van der Waals surface area contributed by atoms with Crippen LogP contribution in [0.3, 0.4) is 0 Å². The number of hydrogen-bond acceptors (Lipinski definition) is 8. The van der Waals surface area contributed by atoms with E-state index < -0.39 is 19.7 Å². The molecule has 0 aliphatic carbocycles. The van der Waals surface area contributed by atoms with Crippen LogP contribution in [-0.2, 0) is 24.5 Å². The van der Waals surface area contributed by atoms with E-state index in [1.807, 2.05) is 19.0 Å². The zero-order chi connectivity index (χ0) is 25.1. The second-order valence-corrected chi connectivity index (χ2v) is 13.6. The van der Waals surface area contributed by atoms with Gasteiger partial charge in [0.2, 0.25) is 5.91 Å². The van der Waals surface area contributed by atoms with Crippen LogP contribution in [0, 0.1) is 0 Å². The molecule has 3 rings (SSSR count). The molecule has 0 saturated carbocycles. The minimum Gasteiger partial charge on any atom is -0.308 e. The second kappa shape index (κ2) is 10.7. The molecule has 1 amide bonds. The molecule has 0 radical (unpaired) electrons. The van der Waals surface area contributed by atoms with Gasteiger partial charge in [-0.25, -0.2) is 21.8 Å². The fourth-order valence-corrected chi connectivity index (χ4v) is 6.63. The van der Waals surface area contributed by atoms with Crippen LogP contribution in [0.15, 0.2) is 52.3 Å². The summed E-state index contributed by atoms with van der Waals surface area (Å²) < 4.78 is 50.2. The van der Waals surface area contributed by atoms with Crippen molar-refractivity contribution in [3.63, 3.8) is 0 Å². The first-order chi connectivity index (χ1) is 15.9. The molecular formula is C22H26ClN3O5S3. The Bertz CT molecular complexity index is 1380. The molecule has 0 bridgehead atoms. The number of sulfone groups is 2. The lowest BCUT2D eigenvalue weighted by Gasteiger charge is -2.22. The van der Waals surface area contributed by atoms with Crippen molar-refractivity contribution in [2.45, 2.75) is 22.6 Å².